The molecule has 0 unspecified atom stereocenters. The summed E-state index contributed by atoms with van der Waals surface area (Å²) < 4.78 is 21.7. The van der Waals surface area contributed by atoms with Crippen LogP contribution in [0.5, 0.6) is 0 Å². The highest BCUT2D eigenvalue weighted by molar-refractivity contribution is 5.98. The van der Waals surface area contributed by atoms with Crippen molar-refractivity contribution in [2.24, 2.45) is 0 Å². The monoisotopic (exact) mass is 475 g/mol. The summed E-state index contributed by atoms with van der Waals surface area (Å²) in [7, 11) is 1.70. The molecule has 3 aromatic rings. The minimum atomic E-state index is -0.442. The fraction of sp³-hybridized carbons (Fsp3) is 0.458. The van der Waals surface area contributed by atoms with E-state index in [1.54, 1.807) is 30.5 Å². The Balaban J connectivity index is 0.00000306. The molecule has 2 aromatic heterocycles. The van der Waals surface area contributed by atoms with Crippen LogP contribution in [0.15, 0.2) is 35.1 Å². The van der Waals surface area contributed by atoms with Gasteiger partial charge in [-0.2, -0.15) is 0 Å². The molecule has 4 rings (SSSR count). The molecule has 0 aliphatic carbocycles. The highest BCUT2D eigenvalue weighted by Crippen LogP contribution is 2.30. The van der Waals surface area contributed by atoms with E-state index in [1.807, 2.05) is 4.57 Å². The van der Waals surface area contributed by atoms with Gasteiger partial charge in [-0.05, 0) is 44.1 Å². The van der Waals surface area contributed by atoms with Crippen LogP contribution >= 0.6 is 12.4 Å². The van der Waals surface area contributed by atoms with Gasteiger partial charge in [0.25, 0.3) is 5.91 Å². The Hall–Kier alpha value is -2.71. The van der Waals surface area contributed by atoms with Crippen LogP contribution < -0.4 is 0 Å². The lowest BCUT2D eigenvalue weighted by atomic mass is 10.1. The molecule has 0 N–H and O–H groups in total. The molecule has 1 aromatic carbocycles. The summed E-state index contributed by atoms with van der Waals surface area (Å²) in [6.07, 6.45) is 8.03. The summed E-state index contributed by atoms with van der Waals surface area (Å²) >= 11 is 0. The molecular formula is C24H31ClFN5O2. The normalized spacial score (nSPS) is 13.0. The molecule has 1 aliphatic rings. The molecule has 1 amide bonds. The van der Waals surface area contributed by atoms with Gasteiger partial charge >= 0.3 is 0 Å². The second-order valence-corrected chi connectivity index (χ2v) is 8.35. The van der Waals surface area contributed by atoms with Crippen molar-refractivity contribution in [2.75, 3.05) is 20.1 Å². The van der Waals surface area contributed by atoms with Crippen molar-refractivity contribution in [3.05, 3.63) is 53.6 Å². The lowest BCUT2D eigenvalue weighted by Crippen LogP contribution is -2.25. The molecule has 3 heterocycles. The van der Waals surface area contributed by atoms with E-state index < -0.39 is 5.82 Å². The van der Waals surface area contributed by atoms with Gasteiger partial charge in [-0.3, -0.25) is 14.3 Å². The number of aromatic nitrogens is 3. The standard InChI is InChI=1S/C24H30FN5O2.ClH/c1-4-6-10-29(11-7-5-2)14-18-13-26-23(32-18)22-21-15-28(3)24(31)19-12-17(25)8-9-20(19)30(21)16-27-22;/h8-9,12-13,16H,4-7,10-11,14-15H2,1-3H3;1H. The van der Waals surface area contributed by atoms with E-state index in [0.29, 0.717) is 35.9 Å². The smallest absolute Gasteiger partial charge is 0.256 e. The Bertz CT molecular complexity index is 1090. The van der Waals surface area contributed by atoms with E-state index in [1.165, 1.54) is 12.1 Å². The van der Waals surface area contributed by atoms with Crippen LogP contribution in [0.2, 0.25) is 0 Å². The molecule has 7 nitrogen and oxygen atoms in total. The van der Waals surface area contributed by atoms with Gasteiger partial charge in [0.1, 0.15) is 23.6 Å². The Morgan fingerprint density at radius 1 is 1.15 bits per heavy atom. The summed E-state index contributed by atoms with van der Waals surface area (Å²) in [6, 6.07) is 4.23. The lowest BCUT2D eigenvalue weighted by Gasteiger charge is -2.20. The van der Waals surface area contributed by atoms with E-state index in [9.17, 15) is 9.18 Å². The average Bonchev–Trinajstić information content (AvgIpc) is 3.39. The molecule has 0 saturated carbocycles. The quantitative estimate of drug-likeness (QED) is 0.432. The van der Waals surface area contributed by atoms with Gasteiger partial charge in [0.2, 0.25) is 5.89 Å². The minimum Gasteiger partial charge on any atom is -0.438 e. The maximum Gasteiger partial charge on any atom is 0.256 e. The highest BCUT2D eigenvalue weighted by Gasteiger charge is 2.28. The maximum atomic E-state index is 13.8. The van der Waals surface area contributed by atoms with Crippen LogP contribution in [0.4, 0.5) is 4.39 Å². The van der Waals surface area contributed by atoms with Crippen molar-refractivity contribution in [3.63, 3.8) is 0 Å². The van der Waals surface area contributed by atoms with Gasteiger partial charge in [-0.15, -0.1) is 12.4 Å². The fourth-order valence-corrected chi connectivity index (χ4v) is 4.05. The zero-order valence-corrected chi connectivity index (χ0v) is 20.2. The predicted octanol–water partition coefficient (Wildman–Crippen LogP) is 5.08. The summed E-state index contributed by atoms with van der Waals surface area (Å²) in [6.45, 7) is 7.50. The first-order valence-corrected chi connectivity index (χ1v) is 11.3. The Labute approximate surface area is 200 Å². The van der Waals surface area contributed by atoms with E-state index in [-0.39, 0.29) is 18.3 Å². The molecule has 0 fully saturated rings. The van der Waals surface area contributed by atoms with E-state index in [2.05, 4.69) is 28.7 Å². The fourth-order valence-electron chi connectivity index (χ4n) is 4.05. The highest BCUT2D eigenvalue weighted by atomic mass is 35.5. The number of carbonyl (C=O) groups is 1. The Morgan fingerprint density at radius 3 is 2.58 bits per heavy atom. The van der Waals surface area contributed by atoms with Gasteiger partial charge in [0.05, 0.1) is 36.2 Å². The number of hydrogen-bond acceptors (Lipinski definition) is 5. The SMILES string of the molecule is CCCCN(CCCC)Cc1cnc(-c2ncn3c2CN(C)C(=O)c2cc(F)ccc2-3)o1.Cl. The zero-order valence-electron chi connectivity index (χ0n) is 19.4. The van der Waals surface area contributed by atoms with Gasteiger partial charge in [0, 0.05) is 7.05 Å². The van der Waals surface area contributed by atoms with Gasteiger partial charge in [-0.1, -0.05) is 26.7 Å². The first-order valence-electron chi connectivity index (χ1n) is 11.3. The molecule has 1 aliphatic heterocycles. The third-order valence-corrected chi connectivity index (χ3v) is 5.84. The number of amides is 1. The first-order chi connectivity index (χ1) is 15.5. The Kier molecular flexibility index (Phi) is 8.26. The van der Waals surface area contributed by atoms with Gasteiger partial charge in [-0.25, -0.2) is 14.4 Å². The molecular weight excluding hydrogens is 445 g/mol. The van der Waals surface area contributed by atoms with Gasteiger partial charge in [0.15, 0.2) is 0 Å². The van der Waals surface area contributed by atoms with Crippen molar-refractivity contribution in [2.45, 2.75) is 52.6 Å². The maximum absolute atomic E-state index is 13.8. The van der Waals surface area contributed by atoms with E-state index >= 15 is 0 Å². The predicted molar refractivity (Wildman–Crippen MR) is 127 cm³/mol. The topological polar surface area (TPSA) is 67.4 Å². The van der Waals surface area contributed by atoms with Crippen LogP contribution in [0.3, 0.4) is 0 Å². The van der Waals surface area contributed by atoms with Crippen LogP contribution in [-0.2, 0) is 13.1 Å². The van der Waals surface area contributed by atoms with Crippen LogP contribution in [0.25, 0.3) is 17.3 Å². The number of unbranched alkanes of at least 4 members (excludes halogenated alkanes) is 2. The van der Waals surface area contributed by atoms with Crippen LogP contribution in [-0.4, -0.2) is 50.4 Å². The number of nitrogens with zero attached hydrogens (tertiary/aromatic N) is 5. The molecule has 0 radical (unpaired) electrons. The number of fused-ring (bicyclic) bond motifs is 3. The van der Waals surface area contributed by atoms with E-state index in [4.69, 9.17) is 4.42 Å². The second-order valence-electron chi connectivity index (χ2n) is 8.35. The number of imidazole rings is 1. The van der Waals surface area contributed by atoms with Crippen LogP contribution in [0, 0.1) is 5.82 Å². The third kappa shape index (κ3) is 5.28. The third-order valence-electron chi connectivity index (χ3n) is 5.84. The Morgan fingerprint density at radius 2 is 1.88 bits per heavy atom. The molecule has 0 saturated heterocycles. The summed E-state index contributed by atoms with van der Waals surface area (Å²) in [5.74, 6) is 0.563. The van der Waals surface area contributed by atoms with E-state index in [0.717, 1.165) is 50.2 Å². The number of benzene rings is 1. The summed E-state index contributed by atoms with van der Waals surface area (Å²) in [4.78, 5) is 25.8. The summed E-state index contributed by atoms with van der Waals surface area (Å²) in [5, 5.41) is 0. The average molecular weight is 476 g/mol. The zero-order chi connectivity index (χ0) is 22.7. The lowest BCUT2D eigenvalue weighted by molar-refractivity contribution is 0.0787. The molecule has 33 heavy (non-hydrogen) atoms. The van der Waals surface area contributed by atoms with Gasteiger partial charge < -0.3 is 9.32 Å². The van der Waals surface area contributed by atoms with Crippen molar-refractivity contribution >= 4 is 18.3 Å². The molecule has 9 heteroatoms. The molecule has 0 spiro atoms. The van der Waals surface area contributed by atoms with Crippen LogP contribution in [0.1, 0.15) is 61.3 Å². The molecule has 178 valence electrons. The first kappa shape index (κ1) is 24.9. The number of hydrogen-bond donors (Lipinski definition) is 0. The molecule has 0 bridgehead atoms. The number of oxazole rings is 1. The number of halogens is 2. The number of rotatable bonds is 9. The summed E-state index contributed by atoms with van der Waals surface area (Å²) in [5.41, 5.74) is 2.30. The molecule has 0 atom stereocenters. The number of carbonyl (C=O) groups excluding carboxylic acids is 1. The largest absolute Gasteiger partial charge is 0.438 e. The minimum absolute atomic E-state index is 0. The van der Waals surface area contributed by atoms with Crippen molar-refractivity contribution in [1.29, 1.82) is 0 Å². The second kappa shape index (κ2) is 10.9. The van der Waals surface area contributed by atoms with Crippen molar-refractivity contribution in [3.8, 4) is 17.3 Å². The van der Waals surface area contributed by atoms with Crippen molar-refractivity contribution in [1.82, 2.24) is 24.3 Å². The van der Waals surface area contributed by atoms with Crippen molar-refractivity contribution < 1.29 is 13.6 Å².